The summed E-state index contributed by atoms with van der Waals surface area (Å²) in [7, 11) is 1.51. The minimum Gasteiger partial charge on any atom is -0.493 e. The fourth-order valence-corrected chi connectivity index (χ4v) is 1.51. The quantitative estimate of drug-likeness (QED) is 0.475. The van der Waals surface area contributed by atoms with E-state index in [0.29, 0.717) is 11.5 Å². The van der Waals surface area contributed by atoms with Gasteiger partial charge in [-0.1, -0.05) is 6.58 Å². The zero-order chi connectivity index (χ0) is 14.6. The molecule has 0 bridgehead atoms. The van der Waals surface area contributed by atoms with Crippen molar-refractivity contribution in [3.05, 3.63) is 30.4 Å². The topological polar surface area (TPSA) is 44.8 Å². The van der Waals surface area contributed by atoms with Crippen molar-refractivity contribution in [2.45, 2.75) is 33.3 Å². The van der Waals surface area contributed by atoms with Crippen LogP contribution in [0.5, 0.6) is 17.2 Å². The molecule has 0 heterocycles. The van der Waals surface area contributed by atoms with E-state index in [9.17, 15) is 4.79 Å². The maximum absolute atomic E-state index is 11.4. The van der Waals surface area contributed by atoms with E-state index in [-0.39, 0.29) is 5.75 Å². The molecule has 1 rings (SSSR count). The lowest BCUT2D eigenvalue weighted by Crippen LogP contribution is -2.23. The fourth-order valence-electron chi connectivity index (χ4n) is 1.51. The van der Waals surface area contributed by atoms with Crippen LogP contribution in [0, 0.1) is 6.92 Å². The van der Waals surface area contributed by atoms with Crippen molar-refractivity contribution in [1.82, 2.24) is 0 Å². The third kappa shape index (κ3) is 4.32. The number of rotatable bonds is 4. The van der Waals surface area contributed by atoms with Gasteiger partial charge >= 0.3 is 5.97 Å². The van der Waals surface area contributed by atoms with Crippen LogP contribution in [0.25, 0.3) is 0 Å². The first kappa shape index (κ1) is 15.1. The highest BCUT2D eigenvalue weighted by Crippen LogP contribution is 2.40. The third-order valence-corrected chi connectivity index (χ3v) is 2.17. The summed E-state index contributed by atoms with van der Waals surface area (Å²) in [4.78, 5) is 11.4. The molecule has 0 aliphatic carbocycles. The molecule has 1 aromatic rings. The molecule has 0 aliphatic rings. The number of benzene rings is 1. The third-order valence-electron chi connectivity index (χ3n) is 2.17. The maximum atomic E-state index is 11.4. The summed E-state index contributed by atoms with van der Waals surface area (Å²) in [6.07, 6.45) is 1.10. The van der Waals surface area contributed by atoms with Crippen molar-refractivity contribution in [2.75, 3.05) is 7.11 Å². The molecule has 0 spiro atoms. The number of aryl methyl sites for hydroxylation is 1. The Hall–Kier alpha value is -1.97. The molecule has 0 amide bonds. The van der Waals surface area contributed by atoms with Gasteiger partial charge in [0.25, 0.3) is 0 Å². The molecule has 0 aliphatic heterocycles. The minimum absolute atomic E-state index is 0.271. The molecule has 1 aromatic carbocycles. The van der Waals surface area contributed by atoms with Crippen molar-refractivity contribution in [3.8, 4) is 17.2 Å². The van der Waals surface area contributed by atoms with E-state index in [1.807, 2.05) is 27.7 Å². The molecule has 4 nitrogen and oxygen atoms in total. The number of methoxy groups -OCH3 is 1. The van der Waals surface area contributed by atoms with Gasteiger partial charge in [0, 0.05) is 6.08 Å². The van der Waals surface area contributed by atoms with Gasteiger partial charge in [-0.3, -0.25) is 0 Å². The van der Waals surface area contributed by atoms with Crippen LogP contribution in [0.15, 0.2) is 24.8 Å². The number of carbonyl (C=O) groups excluding carboxylic acids is 1. The molecule has 0 unspecified atom stereocenters. The molecule has 0 N–H and O–H groups in total. The van der Waals surface area contributed by atoms with E-state index in [0.717, 1.165) is 11.6 Å². The van der Waals surface area contributed by atoms with Crippen molar-refractivity contribution >= 4 is 5.97 Å². The molecular weight excluding hydrogens is 244 g/mol. The number of hydrogen-bond donors (Lipinski definition) is 0. The first-order valence-electron chi connectivity index (χ1n) is 5.98. The van der Waals surface area contributed by atoms with Gasteiger partial charge in [0.15, 0.2) is 11.5 Å². The summed E-state index contributed by atoms with van der Waals surface area (Å²) >= 11 is 0. The summed E-state index contributed by atoms with van der Waals surface area (Å²) in [5.74, 6) is 0.642. The van der Waals surface area contributed by atoms with E-state index in [2.05, 4.69) is 6.58 Å². The van der Waals surface area contributed by atoms with Crippen LogP contribution in [0.4, 0.5) is 0 Å². The Labute approximate surface area is 114 Å². The van der Waals surface area contributed by atoms with Gasteiger partial charge in [0.1, 0.15) is 5.60 Å². The van der Waals surface area contributed by atoms with E-state index < -0.39 is 11.6 Å². The highest BCUT2D eigenvalue weighted by molar-refractivity contribution is 5.84. The van der Waals surface area contributed by atoms with Crippen LogP contribution in [0.3, 0.4) is 0 Å². The zero-order valence-electron chi connectivity index (χ0n) is 12.1. The Morgan fingerprint density at radius 2 is 1.84 bits per heavy atom. The molecule has 0 fully saturated rings. The Morgan fingerprint density at radius 3 is 2.32 bits per heavy atom. The number of hydrogen-bond acceptors (Lipinski definition) is 4. The lowest BCUT2D eigenvalue weighted by atomic mass is 10.1. The summed E-state index contributed by atoms with van der Waals surface area (Å²) in [6, 6.07) is 3.58. The molecule has 19 heavy (non-hydrogen) atoms. The maximum Gasteiger partial charge on any atom is 0.335 e. The normalized spacial score (nSPS) is 10.8. The van der Waals surface area contributed by atoms with Crippen LogP contribution in [0.2, 0.25) is 0 Å². The molecule has 0 radical (unpaired) electrons. The Morgan fingerprint density at radius 1 is 1.26 bits per heavy atom. The van der Waals surface area contributed by atoms with Crippen LogP contribution < -0.4 is 14.2 Å². The number of esters is 1. The van der Waals surface area contributed by atoms with Gasteiger partial charge in [0.05, 0.1) is 7.11 Å². The largest absolute Gasteiger partial charge is 0.493 e. The smallest absolute Gasteiger partial charge is 0.335 e. The first-order valence-corrected chi connectivity index (χ1v) is 5.98. The first-order chi connectivity index (χ1) is 8.76. The zero-order valence-corrected chi connectivity index (χ0v) is 12.1. The summed E-state index contributed by atoms with van der Waals surface area (Å²) < 4.78 is 16.3. The van der Waals surface area contributed by atoms with Crippen LogP contribution in [-0.4, -0.2) is 18.7 Å². The van der Waals surface area contributed by atoms with Gasteiger partial charge < -0.3 is 14.2 Å². The molecule has 104 valence electrons. The summed E-state index contributed by atoms with van der Waals surface area (Å²) in [5.41, 5.74) is 0.545. The monoisotopic (exact) mass is 264 g/mol. The van der Waals surface area contributed by atoms with Crippen molar-refractivity contribution in [1.29, 1.82) is 0 Å². The highest BCUT2D eigenvalue weighted by Gasteiger charge is 2.21. The summed E-state index contributed by atoms with van der Waals surface area (Å²) in [6.45, 7) is 11.0. The molecule has 4 heteroatoms. The second kappa shape index (κ2) is 5.78. The lowest BCUT2D eigenvalue weighted by Gasteiger charge is -2.24. The van der Waals surface area contributed by atoms with Crippen LogP contribution in [0.1, 0.15) is 26.3 Å². The SMILES string of the molecule is C=CC(=O)Oc1c(OC)cc(C)cc1OC(C)(C)C. The predicted molar refractivity (Wildman–Crippen MR) is 73.9 cm³/mol. The average Bonchev–Trinajstić information content (AvgIpc) is 2.29. The minimum atomic E-state index is -0.555. The predicted octanol–water partition coefficient (Wildman–Crippen LogP) is 3.27. The van der Waals surface area contributed by atoms with E-state index in [4.69, 9.17) is 14.2 Å². The number of carbonyl (C=O) groups is 1. The average molecular weight is 264 g/mol. The highest BCUT2D eigenvalue weighted by atomic mass is 16.6. The standard InChI is InChI=1S/C15H20O4/c1-7-13(16)18-14-11(17-6)8-10(2)9-12(14)19-15(3,4)5/h7-9H,1H2,2-6H3. The molecule has 0 saturated heterocycles. The van der Waals surface area contributed by atoms with Crippen molar-refractivity contribution in [2.24, 2.45) is 0 Å². The second-order valence-electron chi connectivity index (χ2n) is 5.13. The van der Waals surface area contributed by atoms with E-state index in [1.54, 1.807) is 12.1 Å². The lowest BCUT2D eigenvalue weighted by molar-refractivity contribution is -0.129. The Balaban J connectivity index is 3.28. The number of ether oxygens (including phenoxy) is 3. The van der Waals surface area contributed by atoms with Crippen LogP contribution >= 0.6 is 0 Å². The van der Waals surface area contributed by atoms with Crippen molar-refractivity contribution in [3.63, 3.8) is 0 Å². The molecule has 0 atom stereocenters. The molecular formula is C15H20O4. The fraction of sp³-hybridized carbons (Fsp3) is 0.400. The van der Waals surface area contributed by atoms with Gasteiger partial charge in [0.2, 0.25) is 5.75 Å². The van der Waals surface area contributed by atoms with E-state index >= 15 is 0 Å². The van der Waals surface area contributed by atoms with Gasteiger partial charge in [-0.2, -0.15) is 0 Å². The van der Waals surface area contributed by atoms with Gasteiger partial charge in [-0.05, 0) is 45.4 Å². The Kier molecular flexibility index (Phi) is 4.59. The van der Waals surface area contributed by atoms with Gasteiger partial charge in [-0.25, -0.2) is 4.79 Å². The Bertz CT molecular complexity index is 484. The summed E-state index contributed by atoms with van der Waals surface area (Å²) in [5, 5.41) is 0. The van der Waals surface area contributed by atoms with Gasteiger partial charge in [-0.15, -0.1) is 0 Å². The second-order valence-corrected chi connectivity index (χ2v) is 5.13. The van der Waals surface area contributed by atoms with Crippen LogP contribution in [-0.2, 0) is 4.79 Å². The van der Waals surface area contributed by atoms with Crippen molar-refractivity contribution < 1.29 is 19.0 Å². The molecule has 0 saturated carbocycles. The van der Waals surface area contributed by atoms with E-state index in [1.165, 1.54) is 7.11 Å². The molecule has 0 aromatic heterocycles.